The Kier molecular flexibility index (Phi) is 2.60. The summed E-state index contributed by atoms with van der Waals surface area (Å²) in [4.78, 5) is 2.37. The topological polar surface area (TPSA) is 3.24 Å². The van der Waals surface area contributed by atoms with Gasteiger partial charge in [-0.25, -0.2) is 0 Å². The van der Waals surface area contributed by atoms with Crippen molar-refractivity contribution in [2.75, 3.05) is 18.5 Å². The molecule has 2 aromatic rings. The van der Waals surface area contributed by atoms with Crippen LogP contribution in [0.3, 0.4) is 0 Å². The van der Waals surface area contributed by atoms with E-state index in [2.05, 4.69) is 60.5 Å². The fourth-order valence-corrected chi connectivity index (χ4v) is 2.70. The summed E-state index contributed by atoms with van der Waals surface area (Å²) in [6, 6.07) is 17.3. The Balaban J connectivity index is 2.16. The summed E-state index contributed by atoms with van der Waals surface area (Å²) in [5.74, 6) is 0. The van der Waals surface area contributed by atoms with E-state index in [1.807, 2.05) is 0 Å². The van der Waals surface area contributed by atoms with Gasteiger partial charge in [0.1, 0.15) is 0 Å². The smallest absolute Gasteiger partial charge is 0.0402 e. The summed E-state index contributed by atoms with van der Waals surface area (Å²) < 4.78 is 0. The van der Waals surface area contributed by atoms with Crippen LogP contribution in [0.5, 0.6) is 0 Å². The van der Waals surface area contributed by atoms with E-state index < -0.39 is 0 Å². The third-order valence-corrected chi connectivity index (χ3v) is 3.57. The fourth-order valence-electron chi connectivity index (χ4n) is 2.70. The lowest BCUT2D eigenvalue weighted by atomic mass is 9.92. The minimum Gasteiger partial charge on any atom is -0.374 e. The Morgan fingerprint density at radius 3 is 2.59 bits per heavy atom. The van der Waals surface area contributed by atoms with Crippen LogP contribution in [0.15, 0.2) is 48.5 Å². The van der Waals surface area contributed by atoms with Crippen molar-refractivity contribution in [2.24, 2.45) is 0 Å². The zero-order valence-electron chi connectivity index (χ0n) is 10.2. The van der Waals surface area contributed by atoms with Gasteiger partial charge < -0.3 is 4.90 Å². The summed E-state index contributed by atoms with van der Waals surface area (Å²) in [5, 5.41) is 0. The number of anilines is 1. The second-order valence-corrected chi connectivity index (χ2v) is 4.69. The number of benzene rings is 2. The van der Waals surface area contributed by atoms with Crippen LogP contribution in [-0.4, -0.2) is 13.6 Å². The Morgan fingerprint density at radius 2 is 1.76 bits per heavy atom. The molecule has 0 spiro atoms. The molecule has 1 heteroatoms. The first kappa shape index (κ1) is 10.4. The van der Waals surface area contributed by atoms with Crippen LogP contribution in [0.25, 0.3) is 11.1 Å². The van der Waals surface area contributed by atoms with E-state index in [1.165, 1.54) is 41.8 Å². The van der Waals surface area contributed by atoms with Gasteiger partial charge in [0.2, 0.25) is 0 Å². The standard InChI is InChI=1S/C16H17N/c1-17-12-6-10-15-14(9-5-11-16(15)17)13-7-3-2-4-8-13/h2-5,7-9,11H,6,10,12H2,1H3. The Bertz CT molecular complexity index is 516. The molecular formula is C16H17N. The molecule has 0 saturated heterocycles. The van der Waals surface area contributed by atoms with Crippen molar-refractivity contribution in [2.45, 2.75) is 12.8 Å². The molecule has 86 valence electrons. The lowest BCUT2D eigenvalue weighted by molar-refractivity contribution is 0.746. The van der Waals surface area contributed by atoms with Gasteiger partial charge in [-0.1, -0.05) is 42.5 Å². The molecule has 0 saturated carbocycles. The molecule has 0 N–H and O–H groups in total. The highest BCUT2D eigenvalue weighted by Crippen LogP contribution is 2.34. The van der Waals surface area contributed by atoms with Gasteiger partial charge in [-0.05, 0) is 35.6 Å². The van der Waals surface area contributed by atoms with Crippen molar-refractivity contribution in [3.63, 3.8) is 0 Å². The molecule has 0 radical (unpaired) electrons. The third-order valence-electron chi connectivity index (χ3n) is 3.57. The van der Waals surface area contributed by atoms with Crippen molar-refractivity contribution >= 4 is 5.69 Å². The maximum atomic E-state index is 2.37. The minimum absolute atomic E-state index is 1.17. The maximum Gasteiger partial charge on any atom is 0.0402 e. The molecule has 3 rings (SSSR count). The zero-order valence-corrected chi connectivity index (χ0v) is 10.2. The van der Waals surface area contributed by atoms with Crippen LogP contribution in [0.1, 0.15) is 12.0 Å². The second kappa shape index (κ2) is 4.25. The molecular weight excluding hydrogens is 206 g/mol. The molecule has 0 fully saturated rings. The van der Waals surface area contributed by atoms with Gasteiger partial charge in [-0.3, -0.25) is 0 Å². The van der Waals surface area contributed by atoms with E-state index in [4.69, 9.17) is 0 Å². The van der Waals surface area contributed by atoms with E-state index in [1.54, 1.807) is 0 Å². The van der Waals surface area contributed by atoms with Gasteiger partial charge in [0, 0.05) is 19.3 Å². The molecule has 0 aromatic heterocycles. The molecule has 1 aliphatic rings. The zero-order chi connectivity index (χ0) is 11.7. The summed E-state index contributed by atoms with van der Waals surface area (Å²) in [6.07, 6.45) is 2.46. The SMILES string of the molecule is CN1CCCc2c(-c3ccccc3)cccc21. The van der Waals surface area contributed by atoms with Gasteiger partial charge in [0.25, 0.3) is 0 Å². The second-order valence-electron chi connectivity index (χ2n) is 4.69. The summed E-state index contributed by atoms with van der Waals surface area (Å²) in [5.41, 5.74) is 5.64. The van der Waals surface area contributed by atoms with E-state index in [-0.39, 0.29) is 0 Å². The van der Waals surface area contributed by atoms with Gasteiger partial charge in [0.15, 0.2) is 0 Å². The van der Waals surface area contributed by atoms with Crippen molar-refractivity contribution in [1.29, 1.82) is 0 Å². The first-order valence-corrected chi connectivity index (χ1v) is 6.25. The number of rotatable bonds is 1. The average molecular weight is 223 g/mol. The number of fused-ring (bicyclic) bond motifs is 1. The van der Waals surface area contributed by atoms with Gasteiger partial charge in [-0.15, -0.1) is 0 Å². The first-order valence-electron chi connectivity index (χ1n) is 6.25. The largest absolute Gasteiger partial charge is 0.374 e. The van der Waals surface area contributed by atoms with Crippen molar-refractivity contribution < 1.29 is 0 Å². The normalized spacial score (nSPS) is 14.5. The fraction of sp³-hybridized carbons (Fsp3) is 0.250. The van der Waals surface area contributed by atoms with E-state index in [9.17, 15) is 0 Å². The predicted molar refractivity (Wildman–Crippen MR) is 73.5 cm³/mol. The lowest BCUT2D eigenvalue weighted by Gasteiger charge is -2.29. The number of nitrogens with zero attached hydrogens (tertiary/aromatic N) is 1. The molecule has 17 heavy (non-hydrogen) atoms. The summed E-state index contributed by atoms with van der Waals surface area (Å²) >= 11 is 0. The molecule has 1 heterocycles. The van der Waals surface area contributed by atoms with Crippen LogP contribution in [-0.2, 0) is 6.42 Å². The predicted octanol–water partition coefficient (Wildman–Crippen LogP) is 3.74. The highest BCUT2D eigenvalue weighted by molar-refractivity contribution is 5.75. The minimum atomic E-state index is 1.17. The molecule has 0 amide bonds. The van der Waals surface area contributed by atoms with Crippen molar-refractivity contribution in [3.8, 4) is 11.1 Å². The van der Waals surface area contributed by atoms with Crippen LogP contribution in [0.4, 0.5) is 5.69 Å². The number of hydrogen-bond donors (Lipinski definition) is 0. The van der Waals surface area contributed by atoms with Gasteiger partial charge in [0.05, 0.1) is 0 Å². The van der Waals surface area contributed by atoms with E-state index in [0.29, 0.717) is 0 Å². The van der Waals surface area contributed by atoms with E-state index in [0.717, 1.165) is 0 Å². The number of hydrogen-bond acceptors (Lipinski definition) is 1. The van der Waals surface area contributed by atoms with Crippen LogP contribution in [0.2, 0.25) is 0 Å². The Labute approximate surface area is 103 Å². The molecule has 1 aliphatic heterocycles. The quantitative estimate of drug-likeness (QED) is 0.712. The molecule has 1 nitrogen and oxygen atoms in total. The van der Waals surface area contributed by atoms with Crippen LogP contribution in [0, 0.1) is 0 Å². The van der Waals surface area contributed by atoms with Crippen LogP contribution >= 0.6 is 0 Å². The van der Waals surface area contributed by atoms with E-state index >= 15 is 0 Å². The van der Waals surface area contributed by atoms with Crippen molar-refractivity contribution in [1.82, 2.24) is 0 Å². The Morgan fingerprint density at radius 1 is 0.941 bits per heavy atom. The molecule has 0 bridgehead atoms. The highest BCUT2D eigenvalue weighted by atomic mass is 15.1. The van der Waals surface area contributed by atoms with Gasteiger partial charge in [-0.2, -0.15) is 0 Å². The Hall–Kier alpha value is -1.76. The summed E-state index contributed by atoms with van der Waals surface area (Å²) in [6.45, 7) is 1.17. The van der Waals surface area contributed by atoms with Crippen molar-refractivity contribution in [3.05, 3.63) is 54.1 Å². The highest BCUT2D eigenvalue weighted by Gasteiger charge is 2.16. The first-order chi connectivity index (χ1) is 8.36. The molecule has 0 atom stereocenters. The lowest BCUT2D eigenvalue weighted by Crippen LogP contribution is -2.24. The van der Waals surface area contributed by atoms with Crippen LogP contribution < -0.4 is 4.90 Å². The molecule has 0 unspecified atom stereocenters. The van der Waals surface area contributed by atoms with Gasteiger partial charge >= 0.3 is 0 Å². The third kappa shape index (κ3) is 1.82. The molecule has 0 aliphatic carbocycles. The average Bonchev–Trinajstić information content (AvgIpc) is 2.40. The monoisotopic (exact) mass is 223 g/mol. The summed E-state index contributed by atoms with van der Waals surface area (Å²) in [7, 11) is 2.19. The maximum absolute atomic E-state index is 2.37. The molecule has 2 aromatic carbocycles.